The van der Waals surface area contributed by atoms with Crippen molar-refractivity contribution in [2.24, 2.45) is 5.92 Å². The van der Waals surface area contributed by atoms with E-state index in [-0.39, 0.29) is 0 Å². The summed E-state index contributed by atoms with van der Waals surface area (Å²) < 4.78 is 11.0. The Morgan fingerprint density at radius 3 is 2.75 bits per heavy atom. The van der Waals surface area contributed by atoms with E-state index in [2.05, 4.69) is 12.2 Å². The summed E-state index contributed by atoms with van der Waals surface area (Å²) in [5.41, 5.74) is 1.24. The molecule has 0 aromatic carbocycles. The van der Waals surface area contributed by atoms with E-state index in [9.17, 15) is 0 Å². The molecule has 0 aliphatic carbocycles. The third kappa shape index (κ3) is 2.66. The molecular weight excluding hydrogens is 202 g/mol. The maximum Gasteiger partial charge on any atom is 0.123 e. The molecule has 1 aromatic rings. The standard InChI is InChI=1S/C13H21NO2/c1-10-3-8-16-13(10)12(14-2)9-11-4-6-15-7-5-11/h3,8,11-12,14H,4-7,9H2,1-2H3. The summed E-state index contributed by atoms with van der Waals surface area (Å²) in [6.45, 7) is 3.93. The molecule has 16 heavy (non-hydrogen) atoms. The summed E-state index contributed by atoms with van der Waals surface area (Å²) in [6.07, 6.45) is 5.28. The van der Waals surface area contributed by atoms with Crippen LogP contribution in [0.4, 0.5) is 0 Å². The number of hydrogen-bond donors (Lipinski definition) is 1. The fourth-order valence-corrected chi connectivity index (χ4v) is 2.41. The molecular formula is C13H21NO2. The van der Waals surface area contributed by atoms with Crippen LogP contribution in [0, 0.1) is 12.8 Å². The molecule has 3 heteroatoms. The fraction of sp³-hybridized carbons (Fsp3) is 0.692. The maximum absolute atomic E-state index is 5.57. The zero-order valence-corrected chi connectivity index (χ0v) is 10.2. The molecule has 2 heterocycles. The molecule has 1 atom stereocenters. The summed E-state index contributed by atoms with van der Waals surface area (Å²) >= 11 is 0. The Morgan fingerprint density at radius 2 is 2.19 bits per heavy atom. The van der Waals surface area contributed by atoms with E-state index in [0.29, 0.717) is 6.04 Å². The van der Waals surface area contributed by atoms with Gasteiger partial charge in [-0.1, -0.05) is 0 Å². The third-order valence-electron chi connectivity index (χ3n) is 3.48. The van der Waals surface area contributed by atoms with E-state index in [1.807, 2.05) is 13.1 Å². The number of aryl methyl sites for hydroxylation is 1. The van der Waals surface area contributed by atoms with Crippen molar-refractivity contribution in [3.63, 3.8) is 0 Å². The van der Waals surface area contributed by atoms with Gasteiger partial charge in [0, 0.05) is 13.2 Å². The van der Waals surface area contributed by atoms with Crippen molar-refractivity contribution in [1.29, 1.82) is 0 Å². The molecule has 90 valence electrons. The number of nitrogens with one attached hydrogen (secondary N) is 1. The summed E-state index contributed by atoms with van der Waals surface area (Å²) in [5.74, 6) is 1.85. The highest BCUT2D eigenvalue weighted by molar-refractivity contribution is 5.18. The van der Waals surface area contributed by atoms with Crippen molar-refractivity contribution in [2.45, 2.75) is 32.2 Å². The highest BCUT2D eigenvalue weighted by atomic mass is 16.5. The highest BCUT2D eigenvalue weighted by Crippen LogP contribution is 2.29. The smallest absolute Gasteiger partial charge is 0.123 e. The fourth-order valence-electron chi connectivity index (χ4n) is 2.41. The molecule has 1 N–H and O–H groups in total. The predicted octanol–water partition coefficient (Wildman–Crippen LogP) is 2.67. The molecule has 1 saturated heterocycles. The van der Waals surface area contributed by atoms with Gasteiger partial charge in [0.05, 0.1) is 12.3 Å². The van der Waals surface area contributed by atoms with E-state index < -0.39 is 0 Å². The molecule has 1 aromatic heterocycles. The largest absolute Gasteiger partial charge is 0.467 e. The molecule has 0 saturated carbocycles. The average molecular weight is 223 g/mol. The summed E-state index contributed by atoms with van der Waals surface area (Å²) in [4.78, 5) is 0. The number of rotatable bonds is 4. The summed E-state index contributed by atoms with van der Waals surface area (Å²) in [6, 6.07) is 2.38. The quantitative estimate of drug-likeness (QED) is 0.852. The molecule has 0 bridgehead atoms. The molecule has 3 nitrogen and oxygen atoms in total. The zero-order chi connectivity index (χ0) is 11.4. The van der Waals surface area contributed by atoms with Crippen molar-refractivity contribution in [2.75, 3.05) is 20.3 Å². The first-order valence-electron chi connectivity index (χ1n) is 6.10. The van der Waals surface area contributed by atoms with Crippen molar-refractivity contribution < 1.29 is 9.15 Å². The molecule has 0 spiro atoms. The van der Waals surface area contributed by atoms with Crippen LogP contribution in [0.15, 0.2) is 16.7 Å². The van der Waals surface area contributed by atoms with Gasteiger partial charge in [0.15, 0.2) is 0 Å². The van der Waals surface area contributed by atoms with Crippen LogP contribution in [-0.4, -0.2) is 20.3 Å². The van der Waals surface area contributed by atoms with Gasteiger partial charge < -0.3 is 14.5 Å². The van der Waals surface area contributed by atoms with Crippen LogP contribution in [-0.2, 0) is 4.74 Å². The Kier molecular flexibility index (Phi) is 4.02. The van der Waals surface area contributed by atoms with Gasteiger partial charge in [-0.25, -0.2) is 0 Å². The van der Waals surface area contributed by atoms with Gasteiger partial charge in [-0.2, -0.15) is 0 Å². The minimum absolute atomic E-state index is 0.345. The molecule has 0 amide bonds. The van der Waals surface area contributed by atoms with Crippen LogP contribution < -0.4 is 5.32 Å². The molecule has 0 radical (unpaired) electrons. The Morgan fingerprint density at radius 1 is 1.44 bits per heavy atom. The van der Waals surface area contributed by atoms with E-state index in [4.69, 9.17) is 9.15 Å². The van der Waals surface area contributed by atoms with Crippen LogP contribution in [0.1, 0.15) is 36.6 Å². The lowest BCUT2D eigenvalue weighted by Gasteiger charge is -2.25. The Balaban J connectivity index is 1.97. The van der Waals surface area contributed by atoms with Gasteiger partial charge in [-0.3, -0.25) is 0 Å². The second-order valence-electron chi connectivity index (χ2n) is 4.60. The van der Waals surface area contributed by atoms with Crippen molar-refractivity contribution >= 4 is 0 Å². The SMILES string of the molecule is CNC(CC1CCOCC1)c1occc1C. The number of hydrogen-bond acceptors (Lipinski definition) is 3. The van der Waals surface area contributed by atoms with Crippen molar-refractivity contribution in [3.8, 4) is 0 Å². The number of ether oxygens (including phenoxy) is 1. The normalized spacial score (nSPS) is 19.9. The first-order valence-corrected chi connectivity index (χ1v) is 6.10. The predicted molar refractivity (Wildman–Crippen MR) is 63.4 cm³/mol. The zero-order valence-electron chi connectivity index (χ0n) is 10.2. The van der Waals surface area contributed by atoms with Crippen LogP contribution in [0.5, 0.6) is 0 Å². The summed E-state index contributed by atoms with van der Waals surface area (Å²) in [7, 11) is 2.01. The van der Waals surface area contributed by atoms with Gasteiger partial charge in [0.2, 0.25) is 0 Å². The van der Waals surface area contributed by atoms with Crippen molar-refractivity contribution in [1.82, 2.24) is 5.32 Å². The lowest BCUT2D eigenvalue weighted by atomic mass is 9.91. The van der Waals surface area contributed by atoms with Gasteiger partial charge >= 0.3 is 0 Å². The van der Waals surface area contributed by atoms with Crippen LogP contribution in [0.3, 0.4) is 0 Å². The lowest BCUT2D eigenvalue weighted by molar-refractivity contribution is 0.0599. The topological polar surface area (TPSA) is 34.4 Å². The van der Waals surface area contributed by atoms with Gasteiger partial charge in [-0.05, 0) is 50.8 Å². The van der Waals surface area contributed by atoms with Gasteiger partial charge in [0.25, 0.3) is 0 Å². The molecule has 1 unspecified atom stereocenters. The van der Waals surface area contributed by atoms with Gasteiger partial charge in [-0.15, -0.1) is 0 Å². The Bertz CT molecular complexity index is 315. The second kappa shape index (κ2) is 5.51. The first kappa shape index (κ1) is 11.7. The Hall–Kier alpha value is -0.800. The lowest BCUT2D eigenvalue weighted by Crippen LogP contribution is -2.24. The first-order chi connectivity index (χ1) is 7.81. The van der Waals surface area contributed by atoms with E-state index in [0.717, 1.165) is 31.3 Å². The van der Waals surface area contributed by atoms with E-state index in [1.165, 1.54) is 18.4 Å². The van der Waals surface area contributed by atoms with E-state index in [1.54, 1.807) is 6.26 Å². The minimum Gasteiger partial charge on any atom is -0.467 e. The molecule has 1 fully saturated rings. The molecule has 1 aliphatic rings. The average Bonchev–Trinajstić information content (AvgIpc) is 2.74. The summed E-state index contributed by atoms with van der Waals surface area (Å²) in [5, 5.41) is 3.36. The van der Waals surface area contributed by atoms with Crippen LogP contribution in [0.25, 0.3) is 0 Å². The maximum atomic E-state index is 5.57. The van der Waals surface area contributed by atoms with Crippen LogP contribution in [0.2, 0.25) is 0 Å². The van der Waals surface area contributed by atoms with Crippen LogP contribution >= 0.6 is 0 Å². The molecule has 1 aliphatic heterocycles. The Labute approximate surface area is 97.2 Å². The van der Waals surface area contributed by atoms with Crippen molar-refractivity contribution in [3.05, 3.63) is 23.7 Å². The highest BCUT2D eigenvalue weighted by Gasteiger charge is 2.22. The number of furan rings is 1. The van der Waals surface area contributed by atoms with E-state index >= 15 is 0 Å². The monoisotopic (exact) mass is 223 g/mol. The minimum atomic E-state index is 0.345. The third-order valence-corrected chi connectivity index (χ3v) is 3.48. The second-order valence-corrected chi connectivity index (χ2v) is 4.60. The molecule has 2 rings (SSSR count). The van der Waals surface area contributed by atoms with Gasteiger partial charge in [0.1, 0.15) is 5.76 Å².